The zero-order valence-corrected chi connectivity index (χ0v) is 17.1. The summed E-state index contributed by atoms with van der Waals surface area (Å²) in [6.07, 6.45) is 1.13. The van der Waals surface area contributed by atoms with Gasteiger partial charge in [-0.05, 0) is 31.4 Å². The molecule has 1 heterocycles. The molecule has 0 aliphatic carbocycles. The summed E-state index contributed by atoms with van der Waals surface area (Å²) in [6, 6.07) is 3.17. The Bertz CT molecular complexity index is 617. The molecule has 6 nitrogen and oxygen atoms in total. The van der Waals surface area contributed by atoms with E-state index < -0.39 is 10.0 Å². The second kappa shape index (κ2) is 10.4. The summed E-state index contributed by atoms with van der Waals surface area (Å²) in [7, 11) is -1.96. The molecule has 1 aromatic rings. The van der Waals surface area contributed by atoms with Gasteiger partial charge in [-0.3, -0.25) is 4.79 Å². The topological polar surface area (TPSA) is 92.5 Å². The van der Waals surface area contributed by atoms with Gasteiger partial charge in [0.25, 0.3) is 10.0 Å². The van der Waals surface area contributed by atoms with Crippen LogP contribution in [0.1, 0.15) is 32.1 Å². The van der Waals surface area contributed by atoms with Gasteiger partial charge in [0.2, 0.25) is 5.91 Å². The third kappa shape index (κ3) is 6.68. The summed E-state index contributed by atoms with van der Waals surface area (Å²) < 4.78 is 26.5. The molecule has 1 unspecified atom stereocenters. The van der Waals surface area contributed by atoms with Gasteiger partial charge in [0.1, 0.15) is 4.21 Å². The Morgan fingerprint density at radius 2 is 1.96 bits per heavy atom. The summed E-state index contributed by atoms with van der Waals surface area (Å²) >= 11 is 1.24. The van der Waals surface area contributed by atoms with Crippen molar-refractivity contribution in [1.82, 2.24) is 9.62 Å². The summed E-state index contributed by atoms with van der Waals surface area (Å²) in [5, 5.41) is 2.85. The van der Waals surface area contributed by atoms with Crippen molar-refractivity contribution in [2.45, 2.75) is 43.9 Å². The van der Waals surface area contributed by atoms with Gasteiger partial charge in [-0.1, -0.05) is 13.8 Å². The van der Waals surface area contributed by atoms with Crippen molar-refractivity contribution in [1.29, 1.82) is 0 Å². The first kappa shape index (κ1) is 23.3. The van der Waals surface area contributed by atoms with E-state index in [2.05, 4.69) is 5.32 Å². The number of amides is 1. The number of thiophene rings is 1. The number of carbonyl (C=O) groups excluding carboxylic acids is 1. The van der Waals surface area contributed by atoms with E-state index in [0.29, 0.717) is 29.5 Å². The lowest BCUT2D eigenvalue weighted by molar-refractivity contribution is -0.121. The molecule has 0 saturated carbocycles. The smallest absolute Gasteiger partial charge is 0.252 e. The summed E-state index contributed by atoms with van der Waals surface area (Å²) in [5.74, 6) is 0.356. The lowest BCUT2D eigenvalue weighted by Gasteiger charge is -2.21. The minimum absolute atomic E-state index is 0. The minimum atomic E-state index is -3.50. The number of hydrogen-bond acceptors (Lipinski definition) is 5. The third-order valence-corrected chi connectivity index (χ3v) is 7.10. The first-order valence-corrected chi connectivity index (χ1v) is 9.97. The summed E-state index contributed by atoms with van der Waals surface area (Å²) in [4.78, 5) is 12.5. The van der Waals surface area contributed by atoms with Gasteiger partial charge in [-0.25, -0.2) is 8.42 Å². The van der Waals surface area contributed by atoms with Crippen LogP contribution in [0.15, 0.2) is 16.3 Å². The van der Waals surface area contributed by atoms with Gasteiger partial charge in [-0.2, -0.15) is 4.31 Å². The fourth-order valence-corrected chi connectivity index (χ4v) is 4.84. The second-order valence-electron chi connectivity index (χ2n) is 6.02. The van der Waals surface area contributed by atoms with E-state index in [-0.39, 0.29) is 30.9 Å². The van der Waals surface area contributed by atoms with Crippen LogP contribution in [0.5, 0.6) is 0 Å². The van der Waals surface area contributed by atoms with Crippen LogP contribution >= 0.6 is 23.7 Å². The van der Waals surface area contributed by atoms with E-state index in [0.717, 1.165) is 4.88 Å². The number of carbonyl (C=O) groups is 1. The highest BCUT2D eigenvalue weighted by atomic mass is 35.5. The molecule has 24 heavy (non-hydrogen) atoms. The van der Waals surface area contributed by atoms with Gasteiger partial charge >= 0.3 is 0 Å². The number of halogens is 1. The number of nitrogens with one attached hydrogen (secondary N) is 1. The number of sulfonamides is 1. The highest BCUT2D eigenvalue weighted by molar-refractivity contribution is 7.91. The van der Waals surface area contributed by atoms with Crippen LogP contribution in [-0.2, 0) is 21.2 Å². The van der Waals surface area contributed by atoms with Crippen molar-refractivity contribution in [3.05, 3.63) is 17.0 Å². The van der Waals surface area contributed by atoms with Crippen molar-refractivity contribution >= 4 is 39.7 Å². The zero-order chi connectivity index (χ0) is 17.6. The SMILES string of the molecule is CC(C)CC(=O)NCCc1ccc(S(=O)(=O)N(C)C(C)CN)s1.Cl. The standard InChI is InChI=1S/C15H27N3O3S2.ClH/c1-11(2)9-14(19)17-8-7-13-5-6-15(22-13)23(20,21)18(4)12(3)10-16;/h5-6,11-12H,7-10,16H2,1-4H3,(H,17,19);1H. The Morgan fingerprint density at radius 1 is 1.33 bits per heavy atom. The maximum Gasteiger partial charge on any atom is 0.252 e. The summed E-state index contributed by atoms with van der Waals surface area (Å²) in [5.41, 5.74) is 5.54. The van der Waals surface area contributed by atoms with E-state index in [1.165, 1.54) is 15.6 Å². The summed E-state index contributed by atoms with van der Waals surface area (Å²) in [6.45, 7) is 6.55. The molecule has 0 aliphatic heterocycles. The van der Waals surface area contributed by atoms with Crippen molar-refractivity contribution in [2.24, 2.45) is 11.7 Å². The number of nitrogens with zero attached hydrogens (tertiary/aromatic N) is 1. The molecule has 0 spiro atoms. The molecule has 9 heteroatoms. The molecule has 0 fully saturated rings. The molecule has 0 aliphatic rings. The fraction of sp³-hybridized carbons (Fsp3) is 0.667. The van der Waals surface area contributed by atoms with E-state index in [1.54, 1.807) is 26.1 Å². The molecule has 0 bridgehead atoms. The largest absolute Gasteiger partial charge is 0.356 e. The number of nitrogens with two attached hydrogens (primary N) is 1. The molecular formula is C15H28ClN3O3S2. The lowest BCUT2D eigenvalue weighted by atomic mass is 10.1. The monoisotopic (exact) mass is 397 g/mol. The molecule has 1 aromatic heterocycles. The Balaban J connectivity index is 0.00000529. The first-order chi connectivity index (χ1) is 10.7. The van der Waals surface area contributed by atoms with E-state index in [4.69, 9.17) is 5.73 Å². The van der Waals surface area contributed by atoms with Crippen LogP contribution in [0.3, 0.4) is 0 Å². The molecule has 140 valence electrons. The Kier molecular flexibility index (Phi) is 10.1. The molecule has 1 atom stereocenters. The molecule has 3 N–H and O–H groups in total. The normalized spacial score (nSPS) is 13.0. The van der Waals surface area contributed by atoms with Gasteiger partial charge in [-0.15, -0.1) is 23.7 Å². The number of rotatable bonds is 9. The predicted octanol–water partition coefficient (Wildman–Crippen LogP) is 1.84. The first-order valence-electron chi connectivity index (χ1n) is 7.72. The van der Waals surface area contributed by atoms with Gasteiger partial charge in [0, 0.05) is 37.5 Å². The van der Waals surface area contributed by atoms with Crippen molar-refractivity contribution < 1.29 is 13.2 Å². The maximum absolute atomic E-state index is 12.5. The Morgan fingerprint density at radius 3 is 2.50 bits per heavy atom. The Labute approximate surface area is 155 Å². The van der Waals surface area contributed by atoms with Crippen LogP contribution < -0.4 is 11.1 Å². The van der Waals surface area contributed by atoms with Crippen LogP contribution in [0, 0.1) is 5.92 Å². The highest BCUT2D eigenvalue weighted by Gasteiger charge is 2.26. The van der Waals surface area contributed by atoms with Crippen LogP contribution in [0.25, 0.3) is 0 Å². The van der Waals surface area contributed by atoms with Gasteiger partial charge in [0.05, 0.1) is 0 Å². The van der Waals surface area contributed by atoms with Crippen molar-refractivity contribution in [3.63, 3.8) is 0 Å². The third-order valence-electron chi connectivity index (χ3n) is 3.52. The number of likely N-dealkylation sites (N-methyl/N-ethyl adjacent to an activating group) is 1. The van der Waals surface area contributed by atoms with Crippen molar-refractivity contribution in [2.75, 3.05) is 20.1 Å². The maximum atomic E-state index is 12.5. The van der Waals surface area contributed by atoms with Gasteiger partial charge in [0.15, 0.2) is 0 Å². The molecule has 0 saturated heterocycles. The van der Waals surface area contributed by atoms with E-state index in [1.807, 2.05) is 13.8 Å². The minimum Gasteiger partial charge on any atom is -0.356 e. The van der Waals surface area contributed by atoms with Crippen LogP contribution in [0.2, 0.25) is 0 Å². The average molecular weight is 398 g/mol. The highest BCUT2D eigenvalue weighted by Crippen LogP contribution is 2.25. The van der Waals surface area contributed by atoms with Crippen molar-refractivity contribution in [3.8, 4) is 0 Å². The predicted molar refractivity (Wildman–Crippen MR) is 101 cm³/mol. The Hall–Kier alpha value is -0.670. The second-order valence-corrected chi connectivity index (χ2v) is 9.42. The zero-order valence-electron chi connectivity index (χ0n) is 14.6. The molecule has 1 amide bonds. The van der Waals surface area contributed by atoms with Crippen LogP contribution in [-0.4, -0.2) is 44.8 Å². The molecule has 0 radical (unpaired) electrons. The average Bonchev–Trinajstić information content (AvgIpc) is 2.94. The lowest BCUT2D eigenvalue weighted by Crippen LogP contribution is -2.39. The van der Waals surface area contributed by atoms with Crippen LogP contribution in [0.4, 0.5) is 0 Å². The molecular weight excluding hydrogens is 370 g/mol. The quantitative estimate of drug-likeness (QED) is 0.664. The molecule has 0 aromatic carbocycles. The fourth-order valence-electron chi connectivity index (χ4n) is 1.93. The van der Waals surface area contributed by atoms with E-state index in [9.17, 15) is 13.2 Å². The van der Waals surface area contributed by atoms with Gasteiger partial charge < -0.3 is 11.1 Å². The van der Waals surface area contributed by atoms with E-state index >= 15 is 0 Å². The molecule has 1 rings (SSSR count). The number of hydrogen-bond donors (Lipinski definition) is 2.